The summed E-state index contributed by atoms with van der Waals surface area (Å²) in [4.78, 5) is 12.9. The van der Waals surface area contributed by atoms with Gasteiger partial charge in [0, 0.05) is 17.6 Å². The van der Waals surface area contributed by atoms with Crippen LogP contribution in [0.25, 0.3) is 0 Å². The van der Waals surface area contributed by atoms with Crippen LogP contribution in [0.5, 0.6) is 0 Å². The monoisotopic (exact) mass is 371 g/mol. The van der Waals surface area contributed by atoms with E-state index < -0.39 is 41.7 Å². The molecule has 0 N–H and O–H groups in total. The molecule has 0 saturated carbocycles. The largest absolute Gasteiger partial charge is 0.393 e. The number of amides is 1. The summed E-state index contributed by atoms with van der Waals surface area (Å²) < 4.78 is 65.6. The minimum Gasteiger partial charge on any atom is -0.338 e. The molecule has 1 saturated heterocycles. The van der Waals surface area contributed by atoms with Gasteiger partial charge in [0.05, 0.1) is 5.92 Å². The van der Waals surface area contributed by atoms with Crippen LogP contribution in [0, 0.1) is 17.6 Å². The van der Waals surface area contributed by atoms with Crippen LogP contribution in [0.2, 0.25) is 0 Å². The molecular weight excluding hydrogens is 361 g/mol. The van der Waals surface area contributed by atoms with E-state index in [-0.39, 0.29) is 23.9 Å². The Bertz CT molecular complexity index is 537. The number of carbonyl (C=O) groups excluding carboxylic acids is 1. The third-order valence-electron chi connectivity index (χ3n) is 3.39. The van der Waals surface area contributed by atoms with E-state index in [2.05, 4.69) is 15.9 Å². The molecular formula is C13H11BrF5NO. The standard InChI is InChI=1S/C13H11BrF5NO/c14-8-4-9(15)11(10(16)5-8)12(21)20-3-1-2-7(6-20)13(17,18)19/h4-5,7H,1-3,6H2. The Morgan fingerprint density at radius 2 is 1.81 bits per heavy atom. The molecule has 0 spiro atoms. The number of nitrogens with zero attached hydrogens (tertiary/aromatic N) is 1. The molecule has 2 nitrogen and oxygen atoms in total. The number of hydrogen-bond acceptors (Lipinski definition) is 1. The zero-order chi connectivity index (χ0) is 15.8. The number of rotatable bonds is 1. The zero-order valence-electron chi connectivity index (χ0n) is 10.7. The maximum absolute atomic E-state index is 13.7. The van der Waals surface area contributed by atoms with Crippen molar-refractivity contribution in [2.45, 2.75) is 19.0 Å². The summed E-state index contributed by atoms with van der Waals surface area (Å²) >= 11 is 2.87. The average Bonchev–Trinajstić information content (AvgIpc) is 2.36. The number of hydrogen-bond donors (Lipinski definition) is 0. The van der Waals surface area contributed by atoms with Crippen LogP contribution in [-0.4, -0.2) is 30.1 Å². The fraction of sp³-hybridized carbons (Fsp3) is 0.462. The van der Waals surface area contributed by atoms with E-state index in [1.54, 1.807) is 0 Å². The quantitative estimate of drug-likeness (QED) is 0.679. The molecule has 2 rings (SSSR count). The van der Waals surface area contributed by atoms with Gasteiger partial charge in [0.15, 0.2) is 0 Å². The van der Waals surface area contributed by atoms with Crippen LogP contribution >= 0.6 is 15.9 Å². The summed E-state index contributed by atoms with van der Waals surface area (Å²) in [5.74, 6) is -4.90. The molecule has 0 aromatic heterocycles. The highest BCUT2D eigenvalue weighted by molar-refractivity contribution is 9.10. The summed E-state index contributed by atoms with van der Waals surface area (Å²) in [5.41, 5.74) is -0.818. The second kappa shape index (κ2) is 5.90. The van der Waals surface area contributed by atoms with E-state index in [0.717, 1.165) is 17.0 Å². The van der Waals surface area contributed by atoms with Gasteiger partial charge in [-0.3, -0.25) is 4.79 Å². The minimum atomic E-state index is -4.42. The van der Waals surface area contributed by atoms with Gasteiger partial charge >= 0.3 is 6.18 Å². The van der Waals surface area contributed by atoms with Gasteiger partial charge in [-0.2, -0.15) is 13.2 Å². The normalized spacial score (nSPS) is 19.7. The van der Waals surface area contributed by atoms with E-state index in [1.807, 2.05) is 0 Å². The molecule has 8 heteroatoms. The first-order valence-electron chi connectivity index (χ1n) is 6.20. The number of alkyl halides is 3. The van der Waals surface area contributed by atoms with Gasteiger partial charge < -0.3 is 4.90 Å². The highest BCUT2D eigenvalue weighted by atomic mass is 79.9. The summed E-state index contributed by atoms with van der Waals surface area (Å²) in [5, 5.41) is 0. The predicted molar refractivity (Wildman–Crippen MR) is 68.7 cm³/mol. The first-order valence-corrected chi connectivity index (χ1v) is 7.00. The molecule has 1 unspecified atom stereocenters. The lowest BCUT2D eigenvalue weighted by Gasteiger charge is -2.33. The van der Waals surface area contributed by atoms with Crippen LogP contribution in [-0.2, 0) is 0 Å². The number of benzene rings is 1. The van der Waals surface area contributed by atoms with E-state index >= 15 is 0 Å². The molecule has 1 aliphatic rings. The molecule has 21 heavy (non-hydrogen) atoms. The zero-order valence-corrected chi connectivity index (χ0v) is 12.3. The first-order chi connectivity index (χ1) is 9.70. The van der Waals surface area contributed by atoms with Crippen molar-refractivity contribution in [2.75, 3.05) is 13.1 Å². The molecule has 1 atom stereocenters. The third kappa shape index (κ3) is 3.53. The minimum absolute atomic E-state index is 0.0559. The Labute approximate surface area is 126 Å². The van der Waals surface area contributed by atoms with E-state index in [9.17, 15) is 26.7 Å². The van der Waals surface area contributed by atoms with Crippen molar-refractivity contribution in [1.82, 2.24) is 4.90 Å². The van der Waals surface area contributed by atoms with E-state index in [4.69, 9.17) is 0 Å². The lowest BCUT2D eigenvalue weighted by molar-refractivity contribution is -0.184. The van der Waals surface area contributed by atoms with Crippen LogP contribution in [0.4, 0.5) is 22.0 Å². The molecule has 1 aromatic rings. The van der Waals surface area contributed by atoms with Crippen molar-refractivity contribution < 1.29 is 26.7 Å². The summed E-state index contributed by atoms with van der Waals surface area (Å²) in [6, 6.07) is 1.81. The molecule has 0 radical (unpaired) electrons. The van der Waals surface area contributed by atoms with Gasteiger partial charge in [-0.05, 0) is 25.0 Å². The van der Waals surface area contributed by atoms with Gasteiger partial charge in [0.25, 0.3) is 5.91 Å². The molecule has 1 fully saturated rings. The van der Waals surface area contributed by atoms with Crippen LogP contribution in [0.15, 0.2) is 16.6 Å². The Morgan fingerprint density at radius 3 is 2.33 bits per heavy atom. The molecule has 1 aromatic carbocycles. The summed E-state index contributed by atoms with van der Waals surface area (Å²) in [6.07, 6.45) is -4.36. The van der Waals surface area contributed by atoms with E-state index in [0.29, 0.717) is 0 Å². The summed E-state index contributed by atoms with van der Waals surface area (Å²) in [7, 11) is 0. The maximum Gasteiger partial charge on any atom is 0.393 e. The number of piperidine rings is 1. The topological polar surface area (TPSA) is 20.3 Å². The van der Waals surface area contributed by atoms with Crippen LogP contribution in [0.1, 0.15) is 23.2 Å². The molecule has 1 amide bonds. The average molecular weight is 372 g/mol. The number of carbonyl (C=O) groups is 1. The molecule has 116 valence electrons. The van der Waals surface area contributed by atoms with Crippen molar-refractivity contribution >= 4 is 21.8 Å². The molecule has 0 bridgehead atoms. The highest BCUT2D eigenvalue weighted by Crippen LogP contribution is 2.34. The predicted octanol–water partition coefficient (Wildman–Crippen LogP) is 4.14. The van der Waals surface area contributed by atoms with E-state index in [1.165, 1.54) is 0 Å². The second-order valence-electron chi connectivity index (χ2n) is 4.88. The lowest BCUT2D eigenvalue weighted by Crippen LogP contribution is -2.45. The van der Waals surface area contributed by atoms with Crippen molar-refractivity contribution in [3.8, 4) is 0 Å². The second-order valence-corrected chi connectivity index (χ2v) is 5.79. The number of halogens is 6. The van der Waals surface area contributed by atoms with Crippen LogP contribution < -0.4 is 0 Å². The molecule has 0 aliphatic carbocycles. The third-order valence-corrected chi connectivity index (χ3v) is 3.85. The lowest BCUT2D eigenvalue weighted by atomic mass is 9.97. The SMILES string of the molecule is O=C(c1c(F)cc(Br)cc1F)N1CCCC(C(F)(F)F)C1. The van der Waals surface area contributed by atoms with Crippen molar-refractivity contribution in [1.29, 1.82) is 0 Å². The summed E-state index contributed by atoms with van der Waals surface area (Å²) in [6.45, 7) is -0.516. The maximum atomic E-state index is 13.7. The Hall–Kier alpha value is -1.18. The molecule has 1 aliphatic heterocycles. The smallest absolute Gasteiger partial charge is 0.338 e. The Balaban J connectivity index is 2.24. The van der Waals surface area contributed by atoms with Gasteiger partial charge in [0.2, 0.25) is 0 Å². The van der Waals surface area contributed by atoms with Gasteiger partial charge in [-0.25, -0.2) is 8.78 Å². The molecule has 1 heterocycles. The van der Waals surface area contributed by atoms with Crippen molar-refractivity contribution in [2.24, 2.45) is 5.92 Å². The van der Waals surface area contributed by atoms with Crippen molar-refractivity contribution in [3.63, 3.8) is 0 Å². The van der Waals surface area contributed by atoms with Crippen LogP contribution in [0.3, 0.4) is 0 Å². The van der Waals surface area contributed by atoms with Gasteiger partial charge in [-0.1, -0.05) is 15.9 Å². The Morgan fingerprint density at radius 1 is 1.24 bits per heavy atom. The fourth-order valence-corrected chi connectivity index (χ4v) is 2.74. The first kappa shape index (κ1) is 16.2. The fourth-order valence-electron chi connectivity index (χ4n) is 2.33. The number of likely N-dealkylation sites (tertiary alicyclic amines) is 1. The van der Waals surface area contributed by atoms with Gasteiger partial charge in [0.1, 0.15) is 17.2 Å². The Kier molecular flexibility index (Phi) is 4.55. The van der Waals surface area contributed by atoms with Crippen molar-refractivity contribution in [3.05, 3.63) is 33.8 Å². The van der Waals surface area contributed by atoms with Gasteiger partial charge in [-0.15, -0.1) is 0 Å². The highest BCUT2D eigenvalue weighted by Gasteiger charge is 2.43.